The molecule has 0 amide bonds. The Morgan fingerprint density at radius 3 is 2.38 bits per heavy atom. The van der Waals surface area contributed by atoms with Gasteiger partial charge in [0.1, 0.15) is 4.88 Å². The van der Waals surface area contributed by atoms with Crippen molar-refractivity contribution in [1.29, 1.82) is 0 Å². The minimum absolute atomic E-state index is 0.165. The number of thiophene rings is 1. The van der Waals surface area contributed by atoms with E-state index in [1.807, 2.05) is 24.3 Å². The molecule has 0 N–H and O–H groups in total. The standard InChI is InChI=1S/C21H19NO5S2/c23-18(14-27-21(24)20-13-16-5-1-2-6-19(16)28-20)15-7-9-17(10-8-15)29(25,26)22-11-3-4-12-22/h1-2,5-10,13H,3-4,11-12,14H2. The smallest absolute Gasteiger partial charge is 0.348 e. The van der Waals surface area contributed by atoms with Gasteiger partial charge in [-0.1, -0.05) is 18.2 Å². The second-order valence-electron chi connectivity index (χ2n) is 6.78. The number of Topliss-reactive ketones (excluding diaryl/α,β-unsaturated/α-hetero) is 1. The quantitative estimate of drug-likeness (QED) is 0.441. The van der Waals surface area contributed by atoms with Gasteiger partial charge in [0, 0.05) is 23.4 Å². The lowest BCUT2D eigenvalue weighted by atomic mass is 10.1. The molecule has 1 fully saturated rings. The van der Waals surface area contributed by atoms with Gasteiger partial charge in [0.15, 0.2) is 12.4 Å². The molecule has 0 atom stereocenters. The van der Waals surface area contributed by atoms with Crippen LogP contribution in [0, 0.1) is 0 Å². The Bertz CT molecular complexity index is 1130. The lowest BCUT2D eigenvalue weighted by molar-refractivity contribution is 0.0479. The number of nitrogens with zero attached hydrogens (tertiary/aromatic N) is 1. The predicted molar refractivity (Wildman–Crippen MR) is 111 cm³/mol. The van der Waals surface area contributed by atoms with Gasteiger partial charge in [-0.25, -0.2) is 13.2 Å². The zero-order valence-electron chi connectivity index (χ0n) is 15.5. The maximum absolute atomic E-state index is 12.5. The van der Waals surface area contributed by atoms with Crippen molar-refractivity contribution in [2.75, 3.05) is 19.7 Å². The molecule has 1 aliphatic rings. The Balaban J connectivity index is 1.40. The highest BCUT2D eigenvalue weighted by molar-refractivity contribution is 7.89. The van der Waals surface area contributed by atoms with Gasteiger partial charge in [0.05, 0.1) is 4.90 Å². The van der Waals surface area contributed by atoms with Crippen LogP contribution in [-0.4, -0.2) is 44.2 Å². The van der Waals surface area contributed by atoms with Crippen LogP contribution in [0.5, 0.6) is 0 Å². The Morgan fingerprint density at radius 2 is 1.69 bits per heavy atom. The van der Waals surface area contributed by atoms with Crippen LogP contribution < -0.4 is 0 Å². The molecule has 0 spiro atoms. The molecule has 2 aromatic carbocycles. The molecular formula is C21H19NO5S2. The van der Waals surface area contributed by atoms with Crippen LogP contribution in [0.4, 0.5) is 0 Å². The molecule has 1 aromatic heterocycles. The van der Waals surface area contributed by atoms with Crippen molar-refractivity contribution in [3.05, 3.63) is 65.0 Å². The summed E-state index contributed by atoms with van der Waals surface area (Å²) < 4.78 is 32.6. The first-order valence-electron chi connectivity index (χ1n) is 9.24. The van der Waals surface area contributed by atoms with Crippen LogP contribution in [0.25, 0.3) is 10.1 Å². The van der Waals surface area contributed by atoms with E-state index >= 15 is 0 Å². The summed E-state index contributed by atoms with van der Waals surface area (Å²) in [6.45, 7) is 0.651. The van der Waals surface area contributed by atoms with Crippen LogP contribution in [0.3, 0.4) is 0 Å². The molecule has 3 aromatic rings. The Morgan fingerprint density at radius 1 is 1.00 bits per heavy atom. The summed E-state index contributed by atoms with van der Waals surface area (Å²) in [4.78, 5) is 25.2. The number of rotatable bonds is 6. The SMILES string of the molecule is O=C(COC(=O)c1cc2ccccc2s1)c1ccc(S(=O)(=O)N2CCCC2)cc1. The fourth-order valence-corrected chi connectivity index (χ4v) is 5.73. The van der Waals surface area contributed by atoms with Crippen LogP contribution in [0.1, 0.15) is 32.9 Å². The number of sulfonamides is 1. The first kappa shape index (κ1) is 19.8. The molecule has 150 valence electrons. The summed E-state index contributed by atoms with van der Waals surface area (Å²) in [5.74, 6) is -0.933. The molecule has 0 bridgehead atoms. The van der Waals surface area contributed by atoms with Crippen molar-refractivity contribution in [3.8, 4) is 0 Å². The molecule has 1 saturated heterocycles. The second kappa shape index (κ2) is 8.06. The van der Waals surface area contributed by atoms with Crippen molar-refractivity contribution in [3.63, 3.8) is 0 Å². The maximum atomic E-state index is 12.5. The number of carbonyl (C=O) groups excluding carboxylic acids is 2. The van der Waals surface area contributed by atoms with Gasteiger partial charge in [-0.3, -0.25) is 4.79 Å². The summed E-state index contributed by atoms with van der Waals surface area (Å²) >= 11 is 1.31. The van der Waals surface area contributed by atoms with Crippen molar-refractivity contribution < 1.29 is 22.7 Å². The number of benzene rings is 2. The second-order valence-corrected chi connectivity index (χ2v) is 9.81. The zero-order valence-corrected chi connectivity index (χ0v) is 17.2. The normalized spacial score (nSPS) is 14.9. The van der Waals surface area contributed by atoms with E-state index < -0.39 is 22.6 Å². The topological polar surface area (TPSA) is 80.8 Å². The van der Waals surface area contributed by atoms with Gasteiger partial charge in [-0.05, 0) is 54.6 Å². The van der Waals surface area contributed by atoms with Crippen LogP contribution in [0.15, 0.2) is 59.5 Å². The number of carbonyl (C=O) groups is 2. The average Bonchev–Trinajstić information content (AvgIpc) is 3.42. The summed E-state index contributed by atoms with van der Waals surface area (Å²) in [7, 11) is -3.52. The van der Waals surface area contributed by atoms with Crippen molar-refractivity contribution >= 4 is 43.2 Å². The fraction of sp³-hybridized carbons (Fsp3) is 0.238. The first-order chi connectivity index (χ1) is 13.9. The highest BCUT2D eigenvalue weighted by Crippen LogP contribution is 2.26. The number of ketones is 1. The molecule has 0 radical (unpaired) electrons. The monoisotopic (exact) mass is 429 g/mol. The van der Waals surface area contributed by atoms with E-state index in [1.165, 1.54) is 39.9 Å². The van der Waals surface area contributed by atoms with Gasteiger partial charge in [-0.15, -0.1) is 11.3 Å². The Kier molecular flexibility index (Phi) is 5.49. The van der Waals surface area contributed by atoms with Gasteiger partial charge in [0.25, 0.3) is 0 Å². The van der Waals surface area contributed by atoms with Crippen molar-refractivity contribution in [1.82, 2.24) is 4.31 Å². The first-order valence-corrected chi connectivity index (χ1v) is 11.5. The third-order valence-electron chi connectivity index (χ3n) is 4.84. The molecule has 0 unspecified atom stereocenters. The van der Waals surface area contributed by atoms with Crippen molar-refractivity contribution in [2.24, 2.45) is 0 Å². The van der Waals surface area contributed by atoms with E-state index in [0.717, 1.165) is 22.9 Å². The summed E-state index contributed by atoms with van der Waals surface area (Å²) in [6.07, 6.45) is 1.72. The molecule has 0 saturated carbocycles. The number of ether oxygens (including phenoxy) is 1. The molecule has 1 aliphatic heterocycles. The molecule has 0 aliphatic carbocycles. The lowest BCUT2D eigenvalue weighted by Gasteiger charge is -2.15. The molecule has 6 nitrogen and oxygen atoms in total. The molecule has 8 heteroatoms. The van der Waals surface area contributed by atoms with E-state index in [0.29, 0.717) is 23.5 Å². The van der Waals surface area contributed by atoms with Crippen molar-refractivity contribution in [2.45, 2.75) is 17.7 Å². The third-order valence-corrected chi connectivity index (χ3v) is 7.85. The third kappa shape index (κ3) is 4.10. The summed E-state index contributed by atoms with van der Waals surface area (Å²) in [6, 6.07) is 15.1. The number of hydrogen-bond acceptors (Lipinski definition) is 6. The van der Waals surface area contributed by atoms with Gasteiger partial charge >= 0.3 is 5.97 Å². The van der Waals surface area contributed by atoms with E-state index in [2.05, 4.69) is 0 Å². The summed E-state index contributed by atoms with van der Waals surface area (Å²) in [5, 5.41) is 0.950. The molecule has 2 heterocycles. The Labute approximate surface area is 172 Å². The van der Waals surface area contributed by atoms with Crippen LogP contribution >= 0.6 is 11.3 Å². The summed E-state index contributed by atoms with van der Waals surface area (Å²) in [5.41, 5.74) is 0.300. The lowest BCUT2D eigenvalue weighted by Crippen LogP contribution is -2.27. The minimum Gasteiger partial charge on any atom is -0.453 e. The largest absolute Gasteiger partial charge is 0.453 e. The highest BCUT2D eigenvalue weighted by Gasteiger charge is 2.27. The zero-order chi connectivity index (χ0) is 20.4. The molecule has 29 heavy (non-hydrogen) atoms. The maximum Gasteiger partial charge on any atom is 0.348 e. The van der Waals surface area contributed by atoms with Gasteiger partial charge in [-0.2, -0.15) is 4.31 Å². The van der Waals surface area contributed by atoms with Gasteiger partial charge in [0.2, 0.25) is 10.0 Å². The Hall–Kier alpha value is -2.55. The fourth-order valence-electron chi connectivity index (χ4n) is 3.26. The van der Waals surface area contributed by atoms with E-state index in [4.69, 9.17) is 4.74 Å². The van der Waals surface area contributed by atoms with E-state index in [-0.39, 0.29) is 10.7 Å². The molecular weight excluding hydrogens is 410 g/mol. The number of fused-ring (bicyclic) bond motifs is 1. The van der Waals surface area contributed by atoms with Crippen LogP contribution in [0.2, 0.25) is 0 Å². The number of esters is 1. The van der Waals surface area contributed by atoms with E-state index in [1.54, 1.807) is 6.07 Å². The van der Waals surface area contributed by atoms with Gasteiger partial charge < -0.3 is 4.74 Å². The predicted octanol–water partition coefficient (Wildman–Crippen LogP) is 3.73. The minimum atomic E-state index is -3.52. The molecule has 4 rings (SSSR count). The van der Waals surface area contributed by atoms with Crippen LogP contribution in [-0.2, 0) is 14.8 Å². The number of hydrogen-bond donors (Lipinski definition) is 0. The highest BCUT2D eigenvalue weighted by atomic mass is 32.2. The van der Waals surface area contributed by atoms with E-state index in [9.17, 15) is 18.0 Å². The average molecular weight is 430 g/mol.